The Balaban J connectivity index is 1.67. The van der Waals surface area contributed by atoms with Gasteiger partial charge in [-0.3, -0.25) is 0 Å². The molecule has 0 saturated heterocycles. The van der Waals surface area contributed by atoms with E-state index in [0.717, 1.165) is 18.7 Å². The number of halogens is 2. The molecule has 96 valence electrons. The number of ether oxygens (including phenoxy) is 1. The molecule has 2 aromatic rings. The molecule has 0 aliphatic heterocycles. The van der Waals surface area contributed by atoms with E-state index in [1.165, 1.54) is 10.9 Å². The average molecular weight is 269 g/mol. The molecule has 1 N–H and O–H groups in total. The monoisotopic (exact) mass is 269 g/mol. The number of rotatable bonds is 6. The normalized spacial score (nSPS) is 10.6. The maximum Gasteiger partial charge on any atom is 0.162 e. The minimum absolute atomic E-state index is 0.340. The van der Waals surface area contributed by atoms with Crippen LogP contribution in [0.3, 0.4) is 0 Å². The first-order valence-corrected chi connectivity index (χ1v) is 6.44. The van der Waals surface area contributed by atoms with Crippen LogP contribution in [0.2, 0.25) is 0 Å². The molecule has 0 aliphatic rings. The van der Waals surface area contributed by atoms with Gasteiger partial charge in [0, 0.05) is 24.0 Å². The largest absolute Gasteiger partial charge is 0.492 e. The fraction of sp³-hybridized carbons (Fsp3) is 0.231. The summed E-state index contributed by atoms with van der Waals surface area (Å²) in [7, 11) is 0. The Kier molecular flexibility index (Phi) is 4.66. The second-order valence-electron chi connectivity index (χ2n) is 3.68. The second-order valence-corrected chi connectivity index (χ2v) is 4.71. The zero-order chi connectivity index (χ0) is 12.8. The van der Waals surface area contributed by atoms with Gasteiger partial charge < -0.3 is 10.1 Å². The molecule has 0 fully saturated rings. The molecule has 0 radical (unpaired) electrons. The van der Waals surface area contributed by atoms with Crippen LogP contribution < -0.4 is 10.1 Å². The highest BCUT2D eigenvalue weighted by molar-refractivity contribution is 7.09. The molecule has 0 unspecified atom stereocenters. The Morgan fingerprint density at radius 2 is 2.06 bits per heavy atom. The number of nitrogens with one attached hydrogen (secondary N) is 1. The van der Waals surface area contributed by atoms with E-state index < -0.39 is 11.6 Å². The van der Waals surface area contributed by atoms with Crippen LogP contribution in [-0.4, -0.2) is 13.2 Å². The zero-order valence-corrected chi connectivity index (χ0v) is 10.5. The van der Waals surface area contributed by atoms with Gasteiger partial charge in [-0.2, -0.15) is 0 Å². The van der Waals surface area contributed by atoms with E-state index in [4.69, 9.17) is 4.74 Å². The summed E-state index contributed by atoms with van der Waals surface area (Å²) in [6.45, 7) is 1.85. The van der Waals surface area contributed by atoms with Gasteiger partial charge in [-0.1, -0.05) is 6.07 Å². The molecule has 2 rings (SSSR count). The van der Waals surface area contributed by atoms with E-state index in [1.807, 2.05) is 17.5 Å². The molecule has 0 bridgehead atoms. The minimum Gasteiger partial charge on any atom is -0.492 e. The third kappa shape index (κ3) is 3.78. The van der Waals surface area contributed by atoms with Gasteiger partial charge in [0.05, 0.1) is 0 Å². The highest BCUT2D eigenvalue weighted by atomic mass is 32.1. The summed E-state index contributed by atoms with van der Waals surface area (Å²) in [4.78, 5) is 1.25. The number of thiophene rings is 1. The van der Waals surface area contributed by atoms with Gasteiger partial charge in [-0.05, 0) is 23.6 Å². The van der Waals surface area contributed by atoms with Gasteiger partial charge in [0.1, 0.15) is 12.4 Å². The Bertz CT molecular complexity index is 488. The van der Waals surface area contributed by atoms with Crippen molar-refractivity contribution in [2.24, 2.45) is 0 Å². The van der Waals surface area contributed by atoms with Crippen LogP contribution in [0.25, 0.3) is 0 Å². The summed E-state index contributed by atoms with van der Waals surface area (Å²) in [5.41, 5.74) is 0. The average Bonchev–Trinajstić information content (AvgIpc) is 2.86. The van der Waals surface area contributed by atoms with E-state index in [-0.39, 0.29) is 0 Å². The highest BCUT2D eigenvalue weighted by Crippen LogP contribution is 2.15. The molecular weight excluding hydrogens is 256 g/mol. The molecule has 0 amide bonds. The van der Waals surface area contributed by atoms with Crippen molar-refractivity contribution in [3.8, 4) is 5.75 Å². The van der Waals surface area contributed by atoms with E-state index in [1.54, 1.807) is 11.3 Å². The van der Waals surface area contributed by atoms with Crippen molar-refractivity contribution in [2.45, 2.75) is 6.54 Å². The lowest BCUT2D eigenvalue weighted by Gasteiger charge is -2.07. The molecule has 0 spiro atoms. The quantitative estimate of drug-likeness (QED) is 0.813. The van der Waals surface area contributed by atoms with Crippen LogP contribution in [0, 0.1) is 11.6 Å². The summed E-state index contributed by atoms with van der Waals surface area (Å²) in [6, 6.07) is 7.57. The molecule has 0 aliphatic carbocycles. The summed E-state index contributed by atoms with van der Waals surface area (Å²) >= 11 is 1.69. The van der Waals surface area contributed by atoms with Crippen LogP contribution >= 0.6 is 11.3 Å². The van der Waals surface area contributed by atoms with Crippen molar-refractivity contribution in [3.05, 3.63) is 52.2 Å². The Morgan fingerprint density at radius 3 is 2.78 bits per heavy atom. The van der Waals surface area contributed by atoms with Gasteiger partial charge in [0.2, 0.25) is 0 Å². The molecule has 1 aromatic heterocycles. The molecule has 18 heavy (non-hydrogen) atoms. The minimum atomic E-state index is -0.890. The molecule has 0 saturated carbocycles. The van der Waals surface area contributed by atoms with E-state index in [2.05, 4.69) is 5.32 Å². The smallest absolute Gasteiger partial charge is 0.162 e. The van der Waals surface area contributed by atoms with Crippen molar-refractivity contribution < 1.29 is 13.5 Å². The van der Waals surface area contributed by atoms with Crippen molar-refractivity contribution in [3.63, 3.8) is 0 Å². The van der Waals surface area contributed by atoms with Crippen LogP contribution in [0.5, 0.6) is 5.75 Å². The van der Waals surface area contributed by atoms with E-state index >= 15 is 0 Å². The first kappa shape index (κ1) is 13.0. The summed E-state index contributed by atoms with van der Waals surface area (Å²) in [5.74, 6) is -1.41. The second kappa shape index (κ2) is 6.47. The SMILES string of the molecule is Fc1ccc(OCCNCc2cccs2)cc1F. The zero-order valence-electron chi connectivity index (χ0n) is 9.66. The molecule has 2 nitrogen and oxygen atoms in total. The highest BCUT2D eigenvalue weighted by Gasteiger charge is 2.02. The summed E-state index contributed by atoms with van der Waals surface area (Å²) < 4.78 is 30.8. The fourth-order valence-electron chi connectivity index (χ4n) is 1.43. The number of hydrogen-bond donors (Lipinski definition) is 1. The molecular formula is C13H13F2NOS. The fourth-order valence-corrected chi connectivity index (χ4v) is 2.11. The van der Waals surface area contributed by atoms with Gasteiger partial charge >= 0.3 is 0 Å². The van der Waals surface area contributed by atoms with Gasteiger partial charge in [0.15, 0.2) is 11.6 Å². The van der Waals surface area contributed by atoms with Crippen LogP contribution in [0.15, 0.2) is 35.7 Å². The van der Waals surface area contributed by atoms with Crippen molar-refractivity contribution in [1.82, 2.24) is 5.32 Å². The number of hydrogen-bond acceptors (Lipinski definition) is 3. The molecule has 1 heterocycles. The van der Waals surface area contributed by atoms with Crippen molar-refractivity contribution in [2.75, 3.05) is 13.2 Å². The Morgan fingerprint density at radius 1 is 1.17 bits per heavy atom. The van der Waals surface area contributed by atoms with Crippen LogP contribution in [0.1, 0.15) is 4.88 Å². The maximum absolute atomic E-state index is 12.9. The van der Waals surface area contributed by atoms with Crippen molar-refractivity contribution in [1.29, 1.82) is 0 Å². The lowest BCUT2D eigenvalue weighted by atomic mass is 10.3. The summed E-state index contributed by atoms with van der Waals surface area (Å²) in [6.07, 6.45) is 0. The van der Waals surface area contributed by atoms with Gasteiger partial charge in [-0.25, -0.2) is 8.78 Å². The predicted molar refractivity (Wildman–Crippen MR) is 67.9 cm³/mol. The topological polar surface area (TPSA) is 21.3 Å². The van der Waals surface area contributed by atoms with Gasteiger partial charge in [-0.15, -0.1) is 11.3 Å². The predicted octanol–water partition coefficient (Wildman–Crippen LogP) is 3.19. The maximum atomic E-state index is 12.9. The third-order valence-corrected chi connectivity index (χ3v) is 3.19. The summed E-state index contributed by atoms with van der Waals surface area (Å²) in [5, 5.41) is 5.22. The Hall–Kier alpha value is -1.46. The lowest BCUT2D eigenvalue weighted by Crippen LogP contribution is -2.20. The van der Waals surface area contributed by atoms with Crippen LogP contribution in [0.4, 0.5) is 8.78 Å². The molecule has 0 atom stereocenters. The van der Waals surface area contributed by atoms with Crippen LogP contribution in [-0.2, 0) is 6.54 Å². The standard InChI is InChI=1S/C13H13F2NOS/c14-12-4-3-10(8-13(12)15)17-6-5-16-9-11-2-1-7-18-11/h1-4,7-8,16H,5-6,9H2. The van der Waals surface area contributed by atoms with E-state index in [9.17, 15) is 8.78 Å². The first-order chi connectivity index (χ1) is 8.75. The van der Waals surface area contributed by atoms with E-state index in [0.29, 0.717) is 18.9 Å². The van der Waals surface area contributed by atoms with Gasteiger partial charge in [0.25, 0.3) is 0 Å². The lowest BCUT2D eigenvalue weighted by molar-refractivity contribution is 0.311. The molecule has 1 aromatic carbocycles. The Labute approximate surface area is 108 Å². The first-order valence-electron chi connectivity index (χ1n) is 5.56. The molecule has 5 heteroatoms. The third-order valence-electron chi connectivity index (χ3n) is 2.32. The van der Waals surface area contributed by atoms with Crippen molar-refractivity contribution >= 4 is 11.3 Å². The number of benzene rings is 1.